The molecule has 0 nitrogen and oxygen atoms in total. The van der Waals surface area contributed by atoms with Crippen LogP contribution in [-0.4, -0.2) is 0 Å². The van der Waals surface area contributed by atoms with Crippen LogP contribution in [0, 0.1) is 0 Å². The number of thiophene rings is 2. The number of hydrogen-bond acceptors (Lipinski definition) is 2. The van der Waals surface area contributed by atoms with E-state index in [0.29, 0.717) is 0 Å². The Balaban J connectivity index is 1.18. The molecule has 0 saturated heterocycles. The van der Waals surface area contributed by atoms with Crippen LogP contribution in [0.2, 0.25) is 0 Å². The summed E-state index contributed by atoms with van der Waals surface area (Å²) in [5, 5.41) is 13.1. The van der Waals surface area contributed by atoms with Gasteiger partial charge < -0.3 is 0 Å². The summed E-state index contributed by atoms with van der Waals surface area (Å²) in [7, 11) is 0. The van der Waals surface area contributed by atoms with Gasteiger partial charge in [-0.25, -0.2) is 0 Å². The van der Waals surface area contributed by atoms with Crippen LogP contribution in [0.4, 0.5) is 0 Å². The number of fused-ring (bicyclic) bond motifs is 10. The number of benzene rings is 9. The molecule has 2 aromatic heterocycles. The Bertz CT molecular complexity index is 3080. The number of rotatable bonds is 3. The van der Waals surface area contributed by atoms with E-state index in [4.69, 9.17) is 0 Å². The van der Waals surface area contributed by atoms with E-state index in [1.807, 2.05) is 22.7 Å². The Hall–Kier alpha value is -5.80. The maximum atomic E-state index is 2.44. The van der Waals surface area contributed by atoms with Crippen molar-refractivity contribution in [3.8, 4) is 33.4 Å². The second-order valence-corrected chi connectivity index (χ2v) is 15.2. The minimum absolute atomic E-state index is 1.24. The first-order valence-electron chi connectivity index (χ1n) is 17.1. The van der Waals surface area contributed by atoms with Crippen LogP contribution >= 0.6 is 22.7 Å². The average molecular weight is 669 g/mol. The molecule has 0 spiro atoms. The lowest BCUT2D eigenvalue weighted by Gasteiger charge is -2.19. The Morgan fingerprint density at radius 3 is 1.38 bits per heavy atom. The van der Waals surface area contributed by atoms with Gasteiger partial charge in [0.2, 0.25) is 0 Å². The molecule has 11 rings (SSSR count). The van der Waals surface area contributed by atoms with Gasteiger partial charge in [-0.2, -0.15) is 0 Å². The van der Waals surface area contributed by atoms with Gasteiger partial charge >= 0.3 is 0 Å². The SMILES string of the molecule is c1ccc(-c2ccc(-c3c4ccccc4c(-c4ccc5c(c4)sc4c5ccc5c6ccccc6sc54)c4ccccc34)c3ccccc23)cc1. The molecule has 9 aromatic carbocycles. The molecule has 0 fully saturated rings. The summed E-state index contributed by atoms with van der Waals surface area (Å²) in [6.07, 6.45) is 0. The van der Waals surface area contributed by atoms with E-state index in [9.17, 15) is 0 Å². The lowest BCUT2D eigenvalue weighted by Crippen LogP contribution is -1.92. The molecule has 50 heavy (non-hydrogen) atoms. The Kier molecular flexibility index (Phi) is 6.09. The zero-order valence-electron chi connectivity index (χ0n) is 27.0. The van der Waals surface area contributed by atoms with Gasteiger partial charge in [0.25, 0.3) is 0 Å². The van der Waals surface area contributed by atoms with Gasteiger partial charge in [0.15, 0.2) is 0 Å². The van der Waals surface area contributed by atoms with E-state index >= 15 is 0 Å². The highest BCUT2D eigenvalue weighted by Crippen LogP contribution is 2.49. The Labute approximate surface area is 297 Å². The predicted octanol–water partition coefficient (Wildman–Crippen LogP) is 14.9. The van der Waals surface area contributed by atoms with E-state index in [0.717, 1.165) is 0 Å². The molecule has 0 radical (unpaired) electrons. The zero-order valence-corrected chi connectivity index (χ0v) is 28.6. The second-order valence-electron chi connectivity index (χ2n) is 13.1. The molecule has 0 atom stereocenters. The Morgan fingerprint density at radius 1 is 0.260 bits per heavy atom. The summed E-state index contributed by atoms with van der Waals surface area (Å²) < 4.78 is 5.49. The largest absolute Gasteiger partial charge is 0.134 e. The van der Waals surface area contributed by atoms with Gasteiger partial charge in [0.1, 0.15) is 0 Å². The van der Waals surface area contributed by atoms with Crippen molar-refractivity contribution in [2.45, 2.75) is 0 Å². The summed E-state index contributed by atoms with van der Waals surface area (Å²) in [6.45, 7) is 0. The lowest BCUT2D eigenvalue weighted by molar-refractivity contribution is 1.64. The van der Waals surface area contributed by atoms with Crippen molar-refractivity contribution in [3.05, 3.63) is 170 Å². The van der Waals surface area contributed by atoms with Crippen LogP contribution in [0.15, 0.2) is 170 Å². The summed E-state index contributed by atoms with van der Waals surface area (Å²) in [4.78, 5) is 0. The molecule has 0 aliphatic rings. The van der Waals surface area contributed by atoms with Crippen LogP contribution in [0.5, 0.6) is 0 Å². The smallest absolute Gasteiger partial charge is 0.0534 e. The minimum atomic E-state index is 1.24. The van der Waals surface area contributed by atoms with E-state index in [2.05, 4.69) is 170 Å². The molecule has 2 heterocycles. The molecular formula is C48H28S2. The first kappa shape index (κ1) is 28.1. The van der Waals surface area contributed by atoms with Crippen LogP contribution < -0.4 is 0 Å². The van der Waals surface area contributed by atoms with Gasteiger partial charge in [-0.15, -0.1) is 22.7 Å². The van der Waals surface area contributed by atoms with Gasteiger partial charge in [0, 0.05) is 30.9 Å². The first-order valence-corrected chi connectivity index (χ1v) is 18.7. The van der Waals surface area contributed by atoms with E-state index in [-0.39, 0.29) is 0 Å². The molecular weight excluding hydrogens is 641 g/mol. The van der Waals surface area contributed by atoms with Crippen molar-refractivity contribution in [3.63, 3.8) is 0 Å². The quantitative estimate of drug-likeness (QED) is 0.164. The van der Waals surface area contributed by atoms with Gasteiger partial charge in [-0.05, 0) is 77.8 Å². The second kappa shape index (κ2) is 10.9. The standard InChI is InChI=1S/C48H28S2/c1-2-12-29(13-3-1)31-24-25-40(33-15-5-4-14-32(31)33)46-38-19-8-6-17-36(38)45(37-18-7-9-20-39(37)46)30-22-23-35-42-27-26-41-34-16-10-11-21-43(34)49-47(41)48(42)50-44(35)28-30/h1-28H. The zero-order chi connectivity index (χ0) is 32.8. The highest BCUT2D eigenvalue weighted by Gasteiger charge is 2.20. The van der Waals surface area contributed by atoms with Gasteiger partial charge in [-0.3, -0.25) is 0 Å². The summed E-state index contributed by atoms with van der Waals surface area (Å²) in [5.41, 5.74) is 7.64. The van der Waals surface area contributed by atoms with Crippen LogP contribution in [0.1, 0.15) is 0 Å². The fourth-order valence-electron chi connectivity index (χ4n) is 8.29. The fourth-order valence-corrected chi connectivity index (χ4v) is 10.9. The molecule has 0 bridgehead atoms. The molecule has 0 saturated carbocycles. The highest BCUT2D eigenvalue weighted by molar-refractivity contribution is 7.33. The molecule has 0 amide bonds. The van der Waals surface area contributed by atoms with E-state index in [1.54, 1.807) is 0 Å². The topological polar surface area (TPSA) is 0 Å². The van der Waals surface area contributed by atoms with Gasteiger partial charge in [-0.1, -0.05) is 158 Å². The van der Waals surface area contributed by atoms with Crippen molar-refractivity contribution in [2.24, 2.45) is 0 Å². The van der Waals surface area contributed by atoms with Crippen molar-refractivity contribution < 1.29 is 0 Å². The molecule has 0 aliphatic heterocycles. The van der Waals surface area contributed by atoms with Crippen molar-refractivity contribution in [1.29, 1.82) is 0 Å². The third-order valence-electron chi connectivity index (χ3n) is 10.5. The average Bonchev–Trinajstić information content (AvgIpc) is 3.75. The summed E-state index contributed by atoms with van der Waals surface area (Å²) in [6, 6.07) is 62.9. The maximum Gasteiger partial charge on any atom is 0.0534 e. The monoisotopic (exact) mass is 668 g/mol. The van der Waals surface area contributed by atoms with Crippen LogP contribution in [0.3, 0.4) is 0 Å². The van der Waals surface area contributed by atoms with Crippen LogP contribution in [0.25, 0.3) is 106 Å². The van der Waals surface area contributed by atoms with E-state index < -0.39 is 0 Å². The summed E-state index contributed by atoms with van der Waals surface area (Å²) in [5.74, 6) is 0. The normalized spacial score (nSPS) is 12.0. The molecule has 0 unspecified atom stereocenters. The van der Waals surface area contributed by atoms with Crippen molar-refractivity contribution in [1.82, 2.24) is 0 Å². The third kappa shape index (κ3) is 4.04. The lowest BCUT2D eigenvalue weighted by atomic mass is 9.84. The maximum absolute atomic E-state index is 2.44. The third-order valence-corrected chi connectivity index (χ3v) is 13.0. The molecule has 0 aliphatic carbocycles. The molecule has 11 aromatic rings. The van der Waals surface area contributed by atoms with Crippen molar-refractivity contribution in [2.75, 3.05) is 0 Å². The molecule has 0 N–H and O–H groups in total. The van der Waals surface area contributed by atoms with Crippen LogP contribution in [-0.2, 0) is 0 Å². The van der Waals surface area contributed by atoms with Gasteiger partial charge in [0.05, 0.1) is 9.40 Å². The molecule has 232 valence electrons. The fraction of sp³-hybridized carbons (Fsp3) is 0. The Morgan fingerprint density at radius 2 is 0.720 bits per heavy atom. The van der Waals surface area contributed by atoms with E-state index in [1.165, 1.54) is 106 Å². The van der Waals surface area contributed by atoms with Crippen molar-refractivity contribution >= 4 is 95.3 Å². The summed E-state index contributed by atoms with van der Waals surface area (Å²) >= 11 is 3.86. The number of hydrogen-bond donors (Lipinski definition) is 0. The first-order chi connectivity index (χ1) is 24.8. The molecule has 2 heteroatoms. The predicted molar refractivity (Wildman–Crippen MR) is 221 cm³/mol. The highest BCUT2D eigenvalue weighted by atomic mass is 32.1. The minimum Gasteiger partial charge on any atom is -0.134 e.